The minimum absolute atomic E-state index is 0.134. The molecule has 3 aromatic rings. The van der Waals surface area contributed by atoms with E-state index in [9.17, 15) is 14.4 Å². The molecule has 11 heteroatoms. The number of carbonyl (C=O) groups is 3. The van der Waals surface area contributed by atoms with Crippen LogP contribution in [0.25, 0.3) is 0 Å². The monoisotopic (exact) mass is 471 g/mol. The molecule has 0 aliphatic heterocycles. The number of nitrogens with zero attached hydrogens (tertiary/aromatic N) is 2. The summed E-state index contributed by atoms with van der Waals surface area (Å²) in [4.78, 5) is 35.5. The van der Waals surface area contributed by atoms with Crippen LogP contribution in [-0.4, -0.2) is 40.3 Å². The first kappa shape index (κ1) is 23.2. The lowest BCUT2D eigenvalue weighted by molar-refractivity contribution is -0.114. The minimum Gasteiger partial charge on any atom is -0.494 e. The molecule has 0 bridgehead atoms. The van der Waals surface area contributed by atoms with Gasteiger partial charge in [0.25, 0.3) is 5.91 Å². The van der Waals surface area contributed by atoms with Gasteiger partial charge in [-0.25, -0.2) is 0 Å². The lowest BCUT2D eigenvalue weighted by atomic mass is 10.2. The molecule has 3 N–H and O–H groups in total. The van der Waals surface area contributed by atoms with Crippen LogP contribution in [0, 0.1) is 0 Å². The maximum Gasteiger partial charge on any atom is 0.257 e. The Hall–Kier alpha value is -3.44. The van der Waals surface area contributed by atoms with Gasteiger partial charge in [-0.1, -0.05) is 23.1 Å². The average molecular weight is 472 g/mol. The standard InChI is InChI=1S/C21H21N5O4S2/c1-3-30-17-10-4-14(5-11-17)19(29)24-20-25-26-21(32-20)31-12-18(28)23-16-8-6-15(7-9-16)22-13(2)27/h4-11H,3,12H2,1-2H3,(H,22,27)(H,23,28)(H,24,25,29). The van der Waals surface area contributed by atoms with Gasteiger partial charge in [-0.05, 0) is 55.5 Å². The van der Waals surface area contributed by atoms with E-state index in [2.05, 4.69) is 26.1 Å². The molecular weight excluding hydrogens is 450 g/mol. The third kappa shape index (κ3) is 7.06. The molecule has 32 heavy (non-hydrogen) atoms. The lowest BCUT2D eigenvalue weighted by Crippen LogP contribution is -2.14. The molecule has 9 nitrogen and oxygen atoms in total. The molecule has 3 amide bonds. The van der Waals surface area contributed by atoms with E-state index in [-0.39, 0.29) is 23.5 Å². The number of aromatic nitrogens is 2. The maximum absolute atomic E-state index is 12.3. The number of nitrogens with one attached hydrogen (secondary N) is 3. The highest BCUT2D eigenvalue weighted by Gasteiger charge is 2.12. The number of benzene rings is 2. The fourth-order valence-electron chi connectivity index (χ4n) is 2.52. The fraction of sp³-hybridized carbons (Fsp3) is 0.190. The lowest BCUT2D eigenvalue weighted by Gasteiger charge is -2.06. The molecule has 0 radical (unpaired) electrons. The zero-order valence-electron chi connectivity index (χ0n) is 17.4. The number of ether oxygens (including phenoxy) is 1. The molecule has 2 aromatic carbocycles. The van der Waals surface area contributed by atoms with Crippen LogP contribution in [0.1, 0.15) is 24.2 Å². The summed E-state index contributed by atoms with van der Waals surface area (Å²) < 4.78 is 5.92. The second-order valence-electron chi connectivity index (χ2n) is 6.38. The molecule has 0 saturated heterocycles. The first-order chi connectivity index (χ1) is 15.4. The quantitative estimate of drug-likeness (QED) is 0.320. The third-order valence-corrected chi connectivity index (χ3v) is 5.84. The van der Waals surface area contributed by atoms with Crippen molar-refractivity contribution in [2.75, 3.05) is 28.3 Å². The molecule has 0 aliphatic carbocycles. The number of carbonyl (C=O) groups excluding carboxylic acids is 3. The molecule has 0 atom stereocenters. The van der Waals surface area contributed by atoms with Crippen LogP contribution in [0.3, 0.4) is 0 Å². The van der Waals surface area contributed by atoms with Crippen LogP contribution < -0.4 is 20.7 Å². The van der Waals surface area contributed by atoms with Crippen molar-refractivity contribution in [3.63, 3.8) is 0 Å². The van der Waals surface area contributed by atoms with Crippen molar-refractivity contribution in [1.29, 1.82) is 0 Å². The number of thioether (sulfide) groups is 1. The van der Waals surface area contributed by atoms with E-state index in [0.717, 1.165) is 0 Å². The highest BCUT2D eigenvalue weighted by Crippen LogP contribution is 2.26. The first-order valence-corrected chi connectivity index (χ1v) is 11.4. The Labute approximate surface area is 193 Å². The summed E-state index contributed by atoms with van der Waals surface area (Å²) in [7, 11) is 0. The van der Waals surface area contributed by atoms with Crippen molar-refractivity contribution >= 4 is 57.3 Å². The molecule has 0 unspecified atom stereocenters. The molecule has 0 aliphatic rings. The number of amides is 3. The van der Waals surface area contributed by atoms with E-state index in [4.69, 9.17) is 4.74 Å². The molecular formula is C21H21N5O4S2. The third-order valence-electron chi connectivity index (χ3n) is 3.87. The zero-order chi connectivity index (χ0) is 22.9. The molecule has 1 heterocycles. The van der Waals surface area contributed by atoms with Crippen LogP contribution in [0.15, 0.2) is 52.9 Å². The largest absolute Gasteiger partial charge is 0.494 e. The molecule has 0 saturated carbocycles. The summed E-state index contributed by atoms with van der Waals surface area (Å²) >= 11 is 2.41. The van der Waals surface area contributed by atoms with Crippen LogP contribution >= 0.6 is 23.1 Å². The number of hydrogen-bond acceptors (Lipinski definition) is 8. The van der Waals surface area contributed by atoms with Gasteiger partial charge in [0, 0.05) is 23.9 Å². The van der Waals surface area contributed by atoms with Gasteiger partial charge >= 0.3 is 0 Å². The first-order valence-electron chi connectivity index (χ1n) is 9.61. The zero-order valence-corrected chi connectivity index (χ0v) is 19.0. The van der Waals surface area contributed by atoms with Crippen molar-refractivity contribution in [2.24, 2.45) is 0 Å². The molecule has 3 rings (SSSR count). The highest BCUT2D eigenvalue weighted by molar-refractivity contribution is 8.01. The average Bonchev–Trinajstić information content (AvgIpc) is 3.21. The number of hydrogen-bond donors (Lipinski definition) is 3. The normalized spacial score (nSPS) is 10.3. The number of anilines is 3. The summed E-state index contributed by atoms with van der Waals surface area (Å²) in [6.45, 7) is 3.87. The van der Waals surface area contributed by atoms with Gasteiger partial charge in [-0.2, -0.15) is 0 Å². The van der Waals surface area contributed by atoms with Crippen molar-refractivity contribution < 1.29 is 19.1 Å². The Morgan fingerprint density at radius 2 is 1.59 bits per heavy atom. The van der Waals surface area contributed by atoms with E-state index in [1.165, 1.54) is 30.0 Å². The van der Waals surface area contributed by atoms with Crippen LogP contribution in [0.4, 0.5) is 16.5 Å². The maximum atomic E-state index is 12.3. The van der Waals surface area contributed by atoms with Gasteiger partial charge in [0.2, 0.25) is 16.9 Å². The van der Waals surface area contributed by atoms with E-state index in [1.54, 1.807) is 48.5 Å². The Kier molecular flexibility index (Phi) is 8.17. The Balaban J connectivity index is 1.46. The van der Waals surface area contributed by atoms with Crippen LogP contribution in [-0.2, 0) is 9.59 Å². The second kappa shape index (κ2) is 11.3. The van der Waals surface area contributed by atoms with Gasteiger partial charge in [0.15, 0.2) is 4.34 Å². The summed E-state index contributed by atoms with van der Waals surface area (Å²) in [5.74, 6) is 0.152. The number of rotatable bonds is 9. The summed E-state index contributed by atoms with van der Waals surface area (Å²) in [5, 5.41) is 16.4. The predicted octanol–water partition coefficient (Wildman–Crippen LogP) is 3.88. The molecule has 0 fully saturated rings. The predicted molar refractivity (Wildman–Crippen MR) is 126 cm³/mol. The van der Waals surface area contributed by atoms with Gasteiger partial charge in [-0.3, -0.25) is 19.7 Å². The highest BCUT2D eigenvalue weighted by atomic mass is 32.2. The summed E-state index contributed by atoms with van der Waals surface area (Å²) in [6.07, 6.45) is 0. The van der Waals surface area contributed by atoms with Crippen molar-refractivity contribution in [1.82, 2.24) is 10.2 Å². The topological polar surface area (TPSA) is 122 Å². The Morgan fingerprint density at radius 3 is 2.22 bits per heavy atom. The minimum atomic E-state index is -0.304. The Morgan fingerprint density at radius 1 is 0.938 bits per heavy atom. The van der Waals surface area contributed by atoms with Gasteiger partial charge in [0.05, 0.1) is 12.4 Å². The van der Waals surface area contributed by atoms with E-state index in [1.807, 2.05) is 6.92 Å². The summed E-state index contributed by atoms with van der Waals surface area (Å²) in [6, 6.07) is 13.6. The summed E-state index contributed by atoms with van der Waals surface area (Å²) in [5.41, 5.74) is 1.74. The second-order valence-corrected chi connectivity index (χ2v) is 8.58. The smallest absolute Gasteiger partial charge is 0.257 e. The van der Waals surface area contributed by atoms with E-state index < -0.39 is 0 Å². The van der Waals surface area contributed by atoms with E-state index in [0.29, 0.717) is 38.8 Å². The Bertz CT molecular complexity index is 1080. The van der Waals surface area contributed by atoms with Crippen molar-refractivity contribution in [3.05, 3.63) is 54.1 Å². The van der Waals surface area contributed by atoms with Crippen molar-refractivity contribution in [3.8, 4) is 5.75 Å². The SMILES string of the molecule is CCOc1ccc(C(=O)Nc2nnc(SCC(=O)Nc3ccc(NC(C)=O)cc3)s2)cc1. The molecule has 0 spiro atoms. The van der Waals surface area contributed by atoms with Gasteiger partial charge in [-0.15, -0.1) is 10.2 Å². The van der Waals surface area contributed by atoms with Gasteiger partial charge < -0.3 is 15.4 Å². The molecule has 1 aromatic heterocycles. The van der Waals surface area contributed by atoms with Crippen LogP contribution in [0.2, 0.25) is 0 Å². The van der Waals surface area contributed by atoms with Crippen molar-refractivity contribution in [2.45, 2.75) is 18.2 Å². The van der Waals surface area contributed by atoms with Gasteiger partial charge in [0.1, 0.15) is 5.75 Å². The van der Waals surface area contributed by atoms with Crippen LogP contribution in [0.5, 0.6) is 5.75 Å². The fourth-order valence-corrected chi connectivity index (χ4v) is 4.07. The van der Waals surface area contributed by atoms with E-state index >= 15 is 0 Å². The molecule has 166 valence electrons.